The maximum Gasteiger partial charge on any atom is 0.178 e. The van der Waals surface area contributed by atoms with E-state index in [0.717, 1.165) is 19.5 Å². The predicted octanol–water partition coefficient (Wildman–Crippen LogP) is -4.02. The van der Waals surface area contributed by atoms with E-state index in [1.54, 1.807) is 0 Å². The van der Waals surface area contributed by atoms with Crippen molar-refractivity contribution in [2.24, 2.45) is 0 Å². The molecule has 4 heteroatoms. The third-order valence-corrected chi connectivity index (χ3v) is 3.13. The molecule has 104 valence electrons. The third-order valence-electron chi connectivity index (χ3n) is 3.13. The SMILES string of the molecule is Cc1cccc[n+]1CCC[n+]1ccccc1C.[Br-].[Br-]. The van der Waals surface area contributed by atoms with Crippen LogP contribution in [0.4, 0.5) is 0 Å². The fourth-order valence-electron chi connectivity index (χ4n) is 2.04. The monoisotopic (exact) mass is 386 g/mol. The Morgan fingerprint density at radius 1 is 0.737 bits per heavy atom. The molecule has 0 bridgehead atoms. The number of hydrogen-bond donors (Lipinski definition) is 0. The van der Waals surface area contributed by atoms with Crippen LogP contribution in [0.1, 0.15) is 17.8 Å². The molecule has 19 heavy (non-hydrogen) atoms. The number of aromatic nitrogens is 2. The average Bonchev–Trinajstić information content (AvgIpc) is 2.34. The standard InChI is InChI=1S/C15H20N2.2BrH/c1-14-8-3-5-10-16(14)12-7-13-17-11-6-4-9-15(17)2;;/h3-6,8-11H,7,12-13H2,1-2H3;2*1H/q+2;;/p-2. The van der Waals surface area contributed by atoms with E-state index in [-0.39, 0.29) is 34.0 Å². The number of aryl methyl sites for hydroxylation is 4. The molecule has 0 aliphatic carbocycles. The molecule has 0 unspecified atom stereocenters. The maximum absolute atomic E-state index is 2.30. The van der Waals surface area contributed by atoms with Crippen molar-refractivity contribution in [3.63, 3.8) is 0 Å². The molecule has 0 atom stereocenters. The van der Waals surface area contributed by atoms with E-state index in [1.807, 2.05) is 0 Å². The van der Waals surface area contributed by atoms with Crippen LogP contribution < -0.4 is 43.1 Å². The van der Waals surface area contributed by atoms with E-state index in [0.29, 0.717) is 0 Å². The van der Waals surface area contributed by atoms with Crippen LogP contribution in [0.3, 0.4) is 0 Å². The quantitative estimate of drug-likeness (QED) is 0.472. The highest BCUT2D eigenvalue weighted by molar-refractivity contribution is 4.94. The first-order valence-corrected chi connectivity index (χ1v) is 6.17. The second-order valence-corrected chi connectivity index (χ2v) is 4.42. The Morgan fingerprint density at radius 3 is 1.53 bits per heavy atom. The van der Waals surface area contributed by atoms with E-state index in [2.05, 4.69) is 71.8 Å². The summed E-state index contributed by atoms with van der Waals surface area (Å²) in [5.41, 5.74) is 2.64. The molecule has 0 aromatic carbocycles. The van der Waals surface area contributed by atoms with Gasteiger partial charge in [0.15, 0.2) is 36.9 Å². The molecule has 2 rings (SSSR count). The number of hydrogen-bond acceptors (Lipinski definition) is 0. The number of halogens is 2. The number of nitrogens with zero attached hydrogens (tertiary/aromatic N) is 2. The Kier molecular flexibility index (Phi) is 8.85. The predicted molar refractivity (Wildman–Crippen MR) is 67.4 cm³/mol. The minimum atomic E-state index is 0. The van der Waals surface area contributed by atoms with Crippen LogP contribution in [-0.4, -0.2) is 0 Å². The second-order valence-electron chi connectivity index (χ2n) is 4.42. The minimum Gasteiger partial charge on any atom is -1.00 e. The zero-order valence-electron chi connectivity index (χ0n) is 11.4. The van der Waals surface area contributed by atoms with Crippen LogP contribution in [-0.2, 0) is 13.1 Å². The summed E-state index contributed by atoms with van der Waals surface area (Å²) in [7, 11) is 0. The molecule has 0 fully saturated rings. The minimum absolute atomic E-state index is 0. The lowest BCUT2D eigenvalue weighted by atomic mass is 10.3. The highest BCUT2D eigenvalue weighted by Gasteiger charge is 2.08. The van der Waals surface area contributed by atoms with Crippen molar-refractivity contribution in [3.05, 3.63) is 60.2 Å². The van der Waals surface area contributed by atoms with Crippen LogP contribution in [0, 0.1) is 13.8 Å². The van der Waals surface area contributed by atoms with Crippen molar-refractivity contribution in [1.29, 1.82) is 0 Å². The lowest BCUT2D eigenvalue weighted by molar-refractivity contribution is -0.732. The molecule has 0 N–H and O–H groups in total. The molecule has 0 saturated carbocycles. The molecule has 0 saturated heterocycles. The highest BCUT2D eigenvalue weighted by atomic mass is 79.9. The van der Waals surface area contributed by atoms with Gasteiger partial charge in [-0.15, -0.1) is 0 Å². The van der Waals surface area contributed by atoms with Crippen LogP contribution in [0.2, 0.25) is 0 Å². The summed E-state index contributed by atoms with van der Waals surface area (Å²) in [6.07, 6.45) is 5.46. The summed E-state index contributed by atoms with van der Waals surface area (Å²) in [5, 5.41) is 0. The van der Waals surface area contributed by atoms with Crippen molar-refractivity contribution in [1.82, 2.24) is 0 Å². The molecule has 0 amide bonds. The Balaban J connectivity index is 0.00000162. The maximum atomic E-state index is 2.30. The van der Waals surface area contributed by atoms with Gasteiger partial charge in [0, 0.05) is 38.1 Å². The van der Waals surface area contributed by atoms with E-state index in [1.165, 1.54) is 11.4 Å². The fraction of sp³-hybridized carbons (Fsp3) is 0.333. The highest BCUT2D eigenvalue weighted by Crippen LogP contribution is 1.92. The van der Waals surface area contributed by atoms with Gasteiger partial charge in [-0.2, -0.15) is 0 Å². The van der Waals surface area contributed by atoms with Gasteiger partial charge in [0.1, 0.15) is 0 Å². The summed E-state index contributed by atoms with van der Waals surface area (Å²) < 4.78 is 4.61. The smallest absolute Gasteiger partial charge is 0.178 e. The molecular weight excluding hydrogens is 368 g/mol. The molecule has 0 radical (unpaired) electrons. The van der Waals surface area contributed by atoms with Gasteiger partial charge >= 0.3 is 0 Å². The van der Waals surface area contributed by atoms with Crippen LogP contribution in [0.5, 0.6) is 0 Å². The van der Waals surface area contributed by atoms with Gasteiger partial charge in [-0.25, -0.2) is 9.13 Å². The van der Waals surface area contributed by atoms with Gasteiger partial charge in [-0.05, 0) is 0 Å². The van der Waals surface area contributed by atoms with Crippen molar-refractivity contribution in [3.8, 4) is 0 Å². The van der Waals surface area contributed by atoms with E-state index >= 15 is 0 Å². The Morgan fingerprint density at radius 2 is 1.16 bits per heavy atom. The van der Waals surface area contributed by atoms with Gasteiger partial charge in [0.2, 0.25) is 0 Å². The first-order valence-electron chi connectivity index (χ1n) is 6.17. The molecule has 2 aromatic rings. The summed E-state index contributed by atoms with van der Waals surface area (Å²) >= 11 is 0. The van der Waals surface area contributed by atoms with E-state index in [9.17, 15) is 0 Å². The molecule has 0 spiro atoms. The van der Waals surface area contributed by atoms with Gasteiger partial charge in [0.05, 0.1) is 6.42 Å². The normalized spacial score (nSPS) is 9.37. The summed E-state index contributed by atoms with van der Waals surface area (Å²) in [6, 6.07) is 12.7. The molecule has 2 heterocycles. The Labute approximate surface area is 136 Å². The largest absolute Gasteiger partial charge is 1.00 e. The topological polar surface area (TPSA) is 7.76 Å². The summed E-state index contributed by atoms with van der Waals surface area (Å²) in [6.45, 7) is 6.46. The zero-order chi connectivity index (χ0) is 12.1. The van der Waals surface area contributed by atoms with Crippen molar-refractivity contribution < 1.29 is 43.1 Å². The summed E-state index contributed by atoms with van der Waals surface area (Å²) in [4.78, 5) is 0. The number of rotatable bonds is 4. The van der Waals surface area contributed by atoms with Crippen molar-refractivity contribution in [2.75, 3.05) is 0 Å². The second kappa shape index (κ2) is 9.21. The molecule has 0 aliphatic heterocycles. The third kappa shape index (κ3) is 5.41. The molecule has 2 aromatic heterocycles. The van der Waals surface area contributed by atoms with Crippen LogP contribution in [0.15, 0.2) is 48.8 Å². The summed E-state index contributed by atoms with van der Waals surface area (Å²) in [5.74, 6) is 0. The van der Waals surface area contributed by atoms with Crippen molar-refractivity contribution in [2.45, 2.75) is 33.4 Å². The average molecular weight is 388 g/mol. The lowest BCUT2D eigenvalue weighted by Gasteiger charge is -2.00. The van der Waals surface area contributed by atoms with Crippen LogP contribution in [0.25, 0.3) is 0 Å². The van der Waals surface area contributed by atoms with Crippen molar-refractivity contribution >= 4 is 0 Å². The Bertz CT molecular complexity index is 456. The molecule has 2 nitrogen and oxygen atoms in total. The zero-order valence-corrected chi connectivity index (χ0v) is 14.6. The fourth-order valence-corrected chi connectivity index (χ4v) is 2.04. The molecule has 0 aliphatic rings. The Hall–Kier alpha value is -0.740. The van der Waals surface area contributed by atoms with Gasteiger partial charge in [0.25, 0.3) is 0 Å². The first kappa shape index (κ1) is 18.3. The van der Waals surface area contributed by atoms with E-state index in [4.69, 9.17) is 0 Å². The lowest BCUT2D eigenvalue weighted by Crippen LogP contribution is -3.00. The molecular formula is C15H20Br2N2. The first-order chi connectivity index (χ1) is 8.27. The van der Waals surface area contributed by atoms with Gasteiger partial charge < -0.3 is 34.0 Å². The van der Waals surface area contributed by atoms with Crippen LogP contribution >= 0.6 is 0 Å². The number of pyridine rings is 2. The van der Waals surface area contributed by atoms with Gasteiger partial charge in [-0.3, -0.25) is 0 Å². The van der Waals surface area contributed by atoms with E-state index < -0.39 is 0 Å². The van der Waals surface area contributed by atoms with Gasteiger partial charge in [-0.1, -0.05) is 12.1 Å².